The van der Waals surface area contributed by atoms with E-state index in [1.807, 2.05) is 39.0 Å². The van der Waals surface area contributed by atoms with Crippen LogP contribution in [0.1, 0.15) is 23.6 Å². The third-order valence-electron chi connectivity index (χ3n) is 4.43. The Morgan fingerprint density at radius 1 is 1.14 bits per heavy atom. The van der Waals surface area contributed by atoms with Gasteiger partial charge >= 0.3 is 6.03 Å². The third kappa shape index (κ3) is 3.94. The van der Waals surface area contributed by atoms with Crippen LogP contribution in [0, 0.1) is 17.4 Å². The summed E-state index contributed by atoms with van der Waals surface area (Å²) >= 11 is 2.14. The summed E-state index contributed by atoms with van der Waals surface area (Å²) in [4.78, 5) is 38.8. The Labute approximate surface area is 176 Å². The van der Waals surface area contributed by atoms with Gasteiger partial charge in [0.15, 0.2) is 0 Å². The SMILES string of the molecule is CCOc1cc(I)cc(/C=C2\C(=O)NC(=O)N(c3cccc(C)c3C)C2=O)c1. The summed E-state index contributed by atoms with van der Waals surface area (Å²) in [5, 5.41) is 2.26. The molecule has 4 amide bonds. The highest BCUT2D eigenvalue weighted by Gasteiger charge is 2.37. The van der Waals surface area contributed by atoms with E-state index in [-0.39, 0.29) is 5.57 Å². The summed E-state index contributed by atoms with van der Waals surface area (Å²) in [6, 6.07) is 10.0. The minimum Gasteiger partial charge on any atom is -0.494 e. The molecule has 1 aliphatic heterocycles. The van der Waals surface area contributed by atoms with Crippen molar-refractivity contribution in [1.82, 2.24) is 5.32 Å². The van der Waals surface area contributed by atoms with E-state index in [4.69, 9.17) is 4.74 Å². The zero-order valence-electron chi connectivity index (χ0n) is 15.7. The molecule has 7 heteroatoms. The number of anilines is 1. The summed E-state index contributed by atoms with van der Waals surface area (Å²) in [5.41, 5.74) is 2.74. The van der Waals surface area contributed by atoms with Gasteiger partial charge in [0.25, 0.3) is 11.8 Å². The number of amides is 4. The first-order chi connectivity index (χ1) is 13.3. The van der Waals surface area contributed by atoms with Crippen molar-refractivity contribution >= 4 is 52.2 Å². The average molecular weight is 490 g/mol. The van der Waals surface area contributed by atoms with Crippen molar-refractivity contribution in [3.05, 3.63) is 62.2 Å². The Hall–Kier alpha value is -2.68. The number of carbonyl (C=O) groups is 3. The van der Waals surface area contributed by atoms with Crippen LogP contribution in [0.2, 0.25) is 0 Å². The minimum absolute atomic E-state index is 0.107. The van der Waals surface area contributed by atoms with E-state index in [2.05, 4.69) is 27.9 Å². The lowest BCUT2D eigenvalue weighted by molar-refractivity contribution is -0.122. The van der Waals surface area contributed by atoms with Crippen molar-refractivity contribution in [3.63, 3.8) is 0 Å². The maximum Gasteiger partial charge on any atom is 0.335 e. The van der Waals surface area contributed by atoms with Crippen LogP contribution in [0.25, 0.3) is 6.08 Å². The number of nitrogens with zero attached hydrogens (tertiary/aromatic N) is 1. The summed E-state index contributed by atoms with van der Waals surface area (Å²) in [6.45, 7) is 6.11. The predicted octanol–water partition coefficient (Wildman–Crippen LogP) is 3.97. The number of barbiturate groups is 1. The molecule has 0 aliphatic carbocycles. The highest BCUT2D eigenvalue weighted by Crippen LogP contribution is 2.28. The fourth-order valence-electron chi connectivity index (χ4n) is 2.94. The van der Waals surface area contributed by atoms with Crippen molar-refractivity contribution < 1.29 is 19.1 Å². The molecule has 0 spiro atoms. The first-order valence-corrected chi connectivity index (χ1v) is 9.80. The number of urea groups is 1. The molecule has 3 rings (SSSR count). The summed E-state index contributed by atoms with van der Waals surface area (Å²) in [6.07, 6.45) is 1.48. The van der Waals surface area contributed by atoms with Gasteiger partial charge in [0.05, 0.1) is 12.3 Å². The highest BCUT2D eigenvalue weighted by molar-refractivity contribution is 14.1. The van der Waals surface area contributed by atoms with E-state index in [1.165, 1.54) is 6.08 Å². The number of nitrogens with one attached hydrogen (secondary N) is 1. The van der Waals surface area contributed by atoms with Crippen molar-refractivity contribution in [2.75, 3.05) is 11.5 Å². The number of halogens is 1. The molecule has 1 N–H and O–H groups in total. The van der Waals surface area contributed by atoms with Crippen LogP contribution in [-0.4, -0.2) is 24.5 Å². The Balaban J connectivity index is 2.05. The zero-order valence-corrected chi connectivity index (χ0v) is 17.9. The van der Waals surface area contributed by atoms with E-state index >= 15 is 0 Å². The van der Waals surface area contributed by atoms with Gasteiger partial charge in [-0.25, -0.2) is 9.69 Å². The van der Waals surface area contributed by atoms with Crippen LogP contribution in [0.4, 0.5) is 10.5 Å². The highest BCUT2D eigenvalue weighted by atomic mass is 127. The summed E-state index contributed by atoms with van der Waals surface area (Å²) in [7, 11) is 0. The maximum absolute atomic E-state index is 13.1. The lowest BCUT2D eigenvalue weighted by atomic mass is 10.0. The number of benzene rings is 2. The molecule has 144 valence electrons. The minimum atomic E-state index is -0.751. The van der Waals surface area contributed by atoms with Gasteiger partial charge in [0.1, 0.15) is 11.3 Å². The molecule has 2 aromatic carbocycles. The monoisotopic (exact) mass is 490 g/mol. The van der Waals surface area contributed by atoms with Gasteiger partial charge in [-0.1, -0.05) is 12.1 Å². The van der Waals surface area contributed by atoms with Crippen LogP contribution in [0.3, 0.4) is 0 Å². The van der Waals surface area contributed by atoms with Gasteiger partial charge in [-0.05, 0) is 90.4 Å². The molecular weight excluding hydrogens is 471 g/mol. The molecule has 1 fully saturated rings. The topological polar surface area (TPSA) is 75.7 Å². The molecule has 0 aromatic heterocycles. The van der Waals surface area contributed by atoms with Gasteiger partial charge in [0.2, 0.25) is 0 Å². The first kappa shape index (κ1) is 20.1. The molecule has 0 atom stereocenters. The molecular formula is C21H19IN2O4. The van der Waals surface area contributed by atoms with Crippen molar-refractivity contribution in [2.45, 2.75) is 20.8 Å². The molecule has 1 saturated heterocycles. The van der Waals surface area contributed by atoms with Crippen LogP contribution in [-0.2, 0) is 9.59 Å². The molecule has 1 heterocycles. The average Bonchev–Trinajstić information content (AvgIpc) is 2.62. The number of hydrogen-bond donors (Lipinski definition) is 1. The van der Waals surface area contributed by atoms with E-state index in [9.17, 15) is 14.4 Å². The molecule has 0 radical (unpaired) electrons. The number of aryl methyl sites for hydroxylation is 1. The lowest BCUT2D eigenvalue weighted by Crippen LogP contribution is -2.54. The maximum atomic E-state index is 13.1. The van der Waals surface area contributed by atoms with E-state index in [0.29, 0.717) is 23.6 Å². The molecule has 1 aliphatic rings. The Kier molecular flexibility index (Phi) is 5.83. The quantitative estimate of drug-likeness (QED) is 0.400. The van der Waals surface area contributed by atoms with Gasteiger partial charge in [-0.15, -0.1) is 0 Å². The number of imide groups is 2. The lowest BCUT2D eigenvalue weighted by Gasteiger charge is -2.28. The fourth-order valence-corrected chi connectivity index (χ4v) is 3.60. The second-order valence-corrected chi connectivity index (χ2v) is 7.58. The Morgan fingerprint density at radius 3 is 2.61 bits per heavy atom. The zero-order chi connectivity index (χ0) is 20.4. The predicted molar refractivity (Wildman–Crippen MR) is 115 cm³/mol. The van der Waals surface area contributed by atoms with Gasteiger partial charge in [-0.2, -0.15) is 0 Å². The second kappa shape index (κ2) is 8.14. The largest absolute Gasteiger partial charge is 0.494 e. The van der Waals surface area contributed by atoms with Crippen molar-refractivity contribution in [3.8, 4) is 5.75 Å². The molecule has 0 saturated carbocycles. The fraction of sp³-hybridized carbons (Fsp3) is 0.190. The van der Waals surface area contributed by atoms with Crippen molar-refractivity contribution in [1.29, 1.82) is 0 Å². The molecule has 0 bridgehead atoms. The Morgan fingerprint density at radius 2 is 1.89 bits per heavy atom. The molecule has 2 aromatic rings. The summed E-state index contributed by atoms with van der Waals surface area (Å²) in [5.74, 6) is -0.722. The molecule has 0 unspecified atom stereocenters. The summed E-state index contributed by atoms with van der Waals surface area (Å²) < 4.78 is 6.43. The Bertz CT molecular complexity index is 1010. The number of hydrogen-bond acceptors (Lipinski definition) is 4. The van der Waals surface area contributed by atoms with Crippen LogP contribution in [0.5, 0.6) is 5.75 Å². The number of carbonyl (C=O) groups excluding carboxylic acids is 3. The van der Waals surface area contributed by atoms with E-state index in [0.717, 1.165) is 19.6 Å². The van der Waals surface area contributed by atoms with Crippen LogP contribution < -0.4 is 15.0 Å². The van der Waals surface area contributed by atoms with Crippen molar-refractivity contribution in [2.24, 2.45) is 0 Å². The van der Waals surface area contributed by atoms with Crippen LogP contribution >= 0.6 is 22.6 Å². The molecule has 6 nitrogen and oxygen atoms in total. The smallest absolute Gasteiger partial charge is 0.335 e. The van der Waals surface area contributed by atoms with Crippen LogP contribution in [0.15, 0.2) is 42.0 Å². The third-order valence-corrected chi connectivity index (χ3v) is 5.06. The molecule has 28 heavy (non-hydrogen) atoms. The van der Waals surface area contributed by atoms with Gasteiger partial charge in [0, 0.05) is 3.57 Å². The standard InChI is InChI=1S/C21H19IN2O4/c1-4-28-16-9-14(8-15(22)11-16)10-17-19(25)23-21(27)24(20(17)26)18-7-5-6-12(2)13(18)3/h5-11H,4H2,1-3H3,(H,23,25,27)/b17-10+. The van der Waals surface area contributed by atoms with Gasteiger partial charge < -0.3 is 4.74 Å². The van der Waals surface area contributed by atoms with Gasteiger partial charge in [-0.3, -0.25) is 14.9 Å². The second-order valence-electron chi connectivity index (χ2n) is 6.33. The number of rotatable bonds is 4. The van der Waals surface area contributed by atoms with E-state index < -0.39 is 17.8 Å². The van der Waals surface area contributed by atoms with E-state index in [1.54, 1.807) is 18.2 Å². The first-order valence-electron chi connectivity index (χ1n) is 8.73. The normalized spacial score (nSPS) is 15.8. The number of ether oxygens (including phenoxy) is 1.